The van der Waals surface area contributed by atoms with Gasteiger partial charge in [0.25, 0.3) is 5.91 Å². The Balaban J connectivity index is 2.02. The Labute approximate surface area is 177 Å². The van der Waals surface area contributed by atoms with Gasteiger partial charge in [-0.05, 0) is 30.7 Å². The molecule has 0 aliphatic heterocycles. The molecule has 3 aromatic rings. The highest BCUT2D eigenvalue weighted by atomic mass is 19.4. The second kappa shape index (κ2) is 8.99. The molecule has 0 atom stereocenters. The summed E-state index contributed by atoms with van der Waals surface area (Å²) in [7, 11) is 0. The summed E-state index contributed by atoms with van der Waals surface area (Å²) in [6.45, 7) is 5.58. The van der Waals surface area contributed by atoms with Gasteiger partial charge < -0.3 is 4.90 Å². The third-order valence-electron chi connectivity index (χ3n) is 4.58. The molecule has 0 saturated heterocycles. The van der Waals surface area contributed by atoms with E-state index in [2.05, 4.69) is 11.7 Å². The maximum absolute atomic E-state index is 13.1. The molecule has 3 rings (SSSR count). The molecule has 31 heavy (non-hydrogen) atoms. The monoisotopic (exact) mass is 427 g/mol. The molecular formula is C23H20F3N3O2. The number of amides is 1. The van der Waals surface area contributed by atoms with E-state index in [1.165, 1.54) is 40.8 Å². The third kappa shape index (κ3) is 5.09. The number of alkyl halides is 3. The van der Waals surface area contributed by atoms with Gasteiger partial charge in [-0.2, -0.15) is 18.3 Å². The number of aryl methyl sites for hydroxylation is 1. The van der Waals surface area contributed by atoms with Gasteiger partial charge in [-0.3, -0.25) is 9.59 Å². The zero-order chi connectivity index (χ0) is 22.6. The molecule has 0 aliphatic carbocycles. The highest BCUT2D eigenvalue weighted by Crippen LogP contribution is 2.30. The summed E-state index contributed by atoms with van der Waals surface area (Å²) in [4.78, 5) is 27.0. The number of hydrogen-bond donors (Lipinski definition) is 0. The molecular weight excluding hydrogens is 407 g/mol. The Hall–Kier alpha value is -3.68. The van der Waals surface area contributed by atoms with E-state index in [0.717, 1.165) is 17.7 Å². The minimum Gasteiger partial charge on any atom is -0.329 e. The summed E-state index contributed by atoms with van der Waals surface area (Å²) in [6.07, 6.45) is -3.00. The fraction of sp³-hybridized carbons (Fsp3) is 0.174. The number of nitrogens with zero attached hydrogens (tertiary/aromatic N) is 3. The number of carbonyl (C=O) groups excluding carboxylic acids is 1. The van der Waals surface area contributed by atoms with E-state index in [-0.39, 0.29) is 24.5 Å². The highest BCUT2D eigenvalue weighted by molar-refractivity contribution is 5.92. The van der Waals surface area contributed by atoms with Crippen LogP contribution in [0.25, 0.3) is 5.69 Å². The summed E-state index contributed by atoms with van der Waals surface area (Å²) in [6, 6.07) is 14.9. The third-order valence-corrected chi connectivity index (χ3v) is 4.58. The first kappa shape index (κ1) is 22.0. The molecule has 0 saturated carbocycles. The van der Waals surface area contributed by atoms with E-state index >= 15 is 0 Å². The topological polar surface area (TPSA) is 55.2 Å². The molecule has 0 N–H and O–H groups in total. The smallest absolute Gasteiger partial charge is 0.329 e. The Morgan fingerprint density at radius 2 is 1.84 bits per heavy atom. The van der Waals surface area contributed by atoms with Crippen LogP contribution in [0.3, 0.4) is 0 Å². The minimum atomic E-state index is -4.53. The van der Waals surface area contributed by atoms with E-state index in [1.807, 2.05) is 30.3 Å². The SMILES string of the molecule is C=CCN(Cc1ccccc1)C(=O)c1nn(-c2cccc(C(F)(F)F)c2)c(C)cc1=O. The number of halogens is 3. The fourth-order valence-corrected chi connectivity index (χ4v) is 3.10. The molecule has 0 radical (unpaired) electrons. The predicted octanol–water partition coefficient (Wildman–Crippen LogP) is 4.39. The standard InChI is InChI=1S/C23H20F3N3O2/c1-3-12-28(15-17-8-5-4-6-9-17)22(31)21-20(30)13-16(2)29(27-21)19-11-7-10-18(14-19)23(24,25)26/h3-11,13-14H,1,12,15H2,2H3. The molecule has 1 heterocycles. The van der Waals surface area contributed by atoms with E-state index in [1.54, 1.807) is 0 Å². The molecule has 5 nitrogen and oxygen atoms in total. The molecule has 160 valence electrons. The minimum absolute atomic E-state index is 0.0969. The second-order valence-electron chi connectivity index (χ2n) is 6.92. The summed E-state index contributed by atoms with van der Waals surface area (Å²) in [5.41, 5.74) is -0.578. The van der Waals surface area contributed by atoms with Crippen LogP contribution in [-0.2, 0) is 12.7 Å². The van der Waals surface area contributed by atoms with Crippen LogP contribution in [0.2, 0.25) is 0 Å². The molecule has 2 aromatic carbocycles. The van der Waals surface area contributed by atoms with Gasteiger partial charge in [-0.15, -0.1) is 6.58 Å². The lowest BCUT2D eigenvalue weighted by atomic mass is 10.2. The van der Waals surface area contributed by atoms with Crippen molar-refractivity contribution in [3.63, 3.8) is 0 Å². The summed E-state index contributed by atoms with van der Waals surface area (Å²) < 4.78 is 40.5. The Morgan fingerprint density at radius 3 is 2.48 bits per heavy atom. The quantitative estimate of drug-likeness (QED) is 0.549. The van der Waals surface area contributed by atoms with Crippen molar-refractivity contribution in [2.75, 3.05) is 6.54 Å². The number of hydrogen-bond acceptors (Lipinski definition) is 3. The van der Waals surface area contributed by atoms with Crippen LogP contribution >= 0.6 is 0 Å². The van der Waals surface area contributed by atoms with Crippen LogP contribution in [0, 0.1) is 6.92 Å². The average Bonchev–Trinajstić information content (AvgIpc) is 2.73. The van der Waals surface area contributed by atoms with Crippen LogP contribution < -0.4 is 5.43 Å². The van der Waals surface area contributed by atoms with E-state index in [4.69, 9.17) is 0 Å². The van der Waals surface area contributed by atoms with Crippen LogP contribution in [0.5, 0.6) is 0 Å². The van der Waals surface area contributed by atoms with Crippen molar-refractivity contribution < 1.29 is 18.0 Å². The first-order valence-electron chi connectivity index (χ1n) is 9.43. The van der Waals surface area contributed by atoms with Crippen molar-refractivity contribution in [1.82, 2.24) is 14.7 Å². The van der Waals surface area contributed by atoms with E-state index < -0.39 is 23.1 Å². The van der Waals surface area contributed by atoms with Crippen LogP contribution in [0.4, 0.5) is 13.2 Å². The normalized spacial score (nSPS) is 11.2. The Morgan fingerprint density at radius 1 is 1.13 bits per heavy atom. The number of rotatable bonds is 6. The first-order valence-corrected chi connectivity index (χ1v) is 9.43. The molecule has 8 heteroatoms. The van der Waals surface area contributed by atoms with Crippen LogP contribution in [-0.4, -0.2) is 27.1 Å². The zero-order valence-corrected chi connectivity index (χ0v) is 16.8. The van der Waals surface area contributed by atoms with Gasteiger partial charge in [0.15, 0.2) is 5.69 Å². The average molecular weight is 427 g/mol. The van der Waals surface area contributed by atoms with Gasteiger partial charge in [-0.1, -0.05) is 42.5 Å². The molecule has 0 unspecified atom stereocenters. The largest absolute Gasteiger partial charge is 0.416 e. The van der Waals surface area contributed by atoms with E-state index in [9.17, 15) is 22.8 Å². The lowest BCUT2D eigenvalue weighted by molar-refractivity contribution is -0.137. The van der Waals surface area contributed by atoms with Crippen molar-refractivity contribution in [2.45, 2.75) is 19.6 Å². The molecule has 0 spiro atoms. The molecule has 0 aliphatic rings. The molecule has 0 fully saturated rings. The first-order chi connectivity index (χ1) is 14.7. The van der Waals surface area contributed by atoms with Crippen molar-refractivity contribution in [3.05, 3.63) is 106 Å². The molecule has 1 aromatic heterocycles. The number of carbonyl (C=O) groups is 1. The van der Waals surface area contributed by atoms with Crippen molar-refractivity contribution in [2.24, 2.45) is 0 Å². The van der Waals surface area contributed by atoms with Gasteiger partial charge in [-0.25, -0.2) is 4.68 Å². The van der Waals surface area contributed by atoms with Gasteiger partial charge >= 0.3 is 6.18 Å². The van der Waals surface area contributed by atoms with Gasteiger partial charge in [0.05, 0.1) is 11.3 Å². The van der Waals surface area contributed by atoms with Crippen molar-refractivity contribution in [1.29, 1.82) is 0 Å². The lowest BCUT2D eigenvalue weighted by Gasteiger charge is -2.21. The molecule has 1 amide bonds. The highest BCUT2D eigenvalue weighted by Gasteiger charge is 2.31. The summed E-state index contributed by atoms with van der Waals surface area (Å²) in [5.74, 6) is -0.630. The van der Waals surface area contributed by atoms with Gasteiger partial charge in [0.2, 0.25) is 5.43 Å². The molecule has 0 bridgehead atoms. The zero-order valence-electron chi connectivity index (χ0n) is 16.8. The Bertz CT molecular complexity index is 1150. The lowest BCUT2D eigenvalue weighted by Crippen LogP contribution is -2.36. The number of aromatic nitrogens is 2. The van der Waals surface area contributed by atoms with E-state index in [0.29, 0.717) is 5.69 Å². The summed E-state index contributed by atoms with van der Waals surface area (Å²) >= 11 is 0. The fourth-order valence-electron chi connectivity index (χ4n) is 3.10. The van der Waals surface area contributed by atoms with Crippen molar-refractivity contribution in [3.8, 4) is 5.69 Å². The van der Waals surface area contributed by atoms with Gasteiger partial charge in [0, 0.05) is 24.8 Å². The van der Waals surface area contributed by atoms with Crippen molar-refractivity contribution >= 4 is 5.91 Å². The Kier molecular flexibility index (Phi) is 6.39. The number of benzene rings is 2. The van der Waals surface area contributed by atoms with Gasteiger partial charge in [0.1, 0.15) is 0 Å². The van der Waals surface area contributed by atoms with Crippen LogP contribution in [0.1, 0.15) is 27.3 Å². The second-order valence-corrected chi connectivity index (χ2v) is 6.92. The maximum Gasteiger partial charge on any atom is 0.416 e. The maximum atomic E-state index is 13.1. The predicted molar refractivity (Wildman–Crippen MR) is 111 cm³/mol. The van der Waals surface area contributed by atoms with Crippen LogP contribution in [0.15, 0.2) is 78.1 Å². The summed E-state index contributed by atoms with van der Waals surface area (Å²) in [5, 5.41) is 4.12.